The predicted octanol–water partition coefficient (Wildman–Crippen LogP) is 3.07. The van der Waals surface area contributed by atoms with Crippen molar-refractivity contribution >= 4 is 35.1 Å². The topological polar surface area (TPSA) is 159 Å². The number of morpholine rings is 1. The number of epoxide rings is 1. The molecule has 0 aliphatic carbocycles. The molecule has 2 aliphatic rings. The fraction of sp³-hybridized carbons (Fsp3) is 0.550. The van der Waals surface area contributed by atoms with Crippen LogP contribution < -0.4 is 16.0 Å². The first-order chi connectivity index (χ1) is 24.8. The highest BCUT2D eigenvalue weighted by Crippen LogP contribution is 2.29. The standard InChI is InChI=1S/C40H55N5O7/c1-27(2)22-32(36(47)40(5)26-52-40)42-39(50)34(24-30-14-10-7-11-15-30)44-38(49)33(23-28(3)4)43-37(48)31(17-16-29-12-8-6-9-13-29)41-35(46)25-45-18-20-51-21-19-45/h6-15,27-28,31-32,34H,16-26H2,1-5H3,(H,41,46)(H,42,50)(H,44,49)/b43-33+/t31-,32+,34+,40-/m0/s1. The van der Waals surface area contributed by atoms with E-state index in [1.165, 1.54) is 0 Å². The number of Topliss-reactive ketones (excluding diaryl/α,β-unsaturated/α-hetero) is 1. The van der Waals surface area contributed by atoms with Gasteiger partial charge in [0.1, 0.15) is 23.4 Å². The van der Waals surface area contributed by atoms with Crippen molar-refractivity contribution in [2.24, 2.45) is 16.8 Å². The number of carbonyl (C=O) groups is 5. The molecule has 0 unspecified atom stereocenters. The number of ether oxygens (including phenoxy) is 2. The van der Waals surface area contributed by atoms with Crippen LogP contribution in [0.1, 0.15) is 65.0 Å². The number of amides is 4. The summed E-state index contributed by atoms with van der Waals surface area (Å²) in [5, 5.41) is 8.61. The third kappa shape index (κ3) is 13.1. The van der Waals surface area contributed by atoms with E-state index in [-0.39, 0.29) is 55.0 Å². The Bertz CT molecular complexity index is 1540. The summed E-state index contributed by atoms with van der Waals surface area (Å²) in [5.41, 5.74) is 0.830. The van der Waals surface area contributed by atoms with Crippen LogP contribution in [0.4, 0.5) is 0 Å². The minimum absolute atomic E-state index is 0.0355. The van der Waals surface area contributed by atoms with Gasteiger partial charge in [-0.1, -0.05) is 88.4 Å². The van der Waals surface area contributed by atoms with Crippen LogP contribution in [0, 0.1) is 11.8 Å². The average Bonchev–Trinajstić information content (AvgIpc) is 3.87. The fourth-order valence-electron chi connectivity index (χ4n) is 6.10. The van der Waals surface area contributed by atoms with E-state index in [2.05, 4.69) is 20.9 Å². The first-order valence-electron chi connectivity index (χ1n) is 18.4. The molecule has 2 saturated heterocycles. The smallest absolute Gasteiger partial charge is 0.268 e. The molecule has 4 rings (SSSR count). The average molecular weight is 718 g/mol. The number of ketones is 1. The van der Waals surface area contributed by atoms with Crippen LogP contribution in [-0.4, -0.2) is 103 Å². The second-order valence-electron chi connectivity index (χ2n) is 14.8. The minimum atomic E-state index is -1.07. The Balaban J connectivity index is 1.56. The van der Waals surface area contributed by atoms with Crippen molar-refractivity contribution in [1.29, 1.82) is 0 Å². The molecule has 4 atom stereocenters. The number of carbonyl (C=O) groups excluding carboxylic acids is 5. The lowest BCUT2D eigenvalue weighted by Crippen LogP contribution is -2.55. The van der Waals surface area contributed by atoms with Crippen LogP contribution in [0.25, 0.3) is 0 Å². The van der Waals surface area contributed by atoms with Crippen molar-refractivity contribution < 1.29 is 33.4 Å². The predicted molar refractivity (Wildman–Crippen MR) is 199 cm³/mol. The van der Waals surface area contributed by atoms with E-state index in [9.17, 15) is 24.0 Å². The highest BCUT2D eigenvalue weighted by molar-refractivity contribution is 6.40. The van der Waals surface area contributed by atoms with E-state index in [0.29, 0.717) is 45.8 Å². The molecule has 282 valence electrons. The maximum atomic E-state index is 14.0. The van der Waals surface area contributed by atoms with Gasteiger partial charge in [0.25, 0.3) is 11.8 Å². The van der Waals surface area contributed by atoms with Gasteiger partial charge >= 0.3 is 0 Å². The first kappa shape index (κ1) is 40.5. The highest BCUT2D eigenvalue weighted by atomic mass is 16.6. The minimum Gasteiger partial charge on any atom is -0.379 e. The van der Waals surface area contributed by atoms with E-state index in [1.54, 1.807) is 6.92 Å². The van der Waals surface area contributed by atoms with Gasteiger partial charge in [0.2, 0.25) is 11.8 Å². The summed E-state index contributed by atoms with van der Waals surface area (Å²) in [7, 11) is 0. The van der Waals surface area contributed by atoms with Crippen LogP contribution >= 0.6 is 0 Å². The molecule has 2 fully saturated rings. The van der Waals surface area contributed by atoms with Gasteiger partial charge in [-0.2, -0.15) is 0 Å². The molecule has 0 saturated carbocycles. The number of hydrogen-bond donors (Lipinski definition) is 3. The zero-order valence-electron chi connectivity index (χ0n) is 31.2. The molecular formula is C40H55N5O7. The Kier molecular flexibility index (Phi) is 15.2. The van der Waals surface area contributed by atoms with Gasteiger partial charge in [0.15, 0.2) is 5.78 Å². The summed E-state index contributed by atoms with van der Waals surface area (Å²) < 4.78 is 10.8. The monoisotopic (exact) mass is 717 g/mol. The second-order valence-corrected chi connectivity index (χ2v) is 14.8. The van der Waals surface area contributed by atoms with E-state index in [1.807, 2.05) is 93.3 Å². The quantitative estimate of drug-likeness (QED) is 0.148. The van der Waals surface area contributed by atoms with Gasteiger partial charge in [-0.3, -0.25) is 28.9 Å². The second kappa shape index (κ2) is 19.5. The van der Waals surface area contributed by atoms with Crippen molar-refractivity contribution in [2.75, 3.05) is 39.5 Å². The Morgan fingerprint density at radius 1 is 0.808 bits per heavy atom. The van der Waals surface area contributed by atoms with Crippen LogP contribution in [0.15, 0.2) is 65.7 Å². The summed E-state index contributed by atoms with van der Waals surface area (Å²) in [6.07, 6.45) is 1.51. The number of rotatable bonds is 19. The normalized spacial score (nSPS) is 19.4. The van der Waals surface area contributed by atoms with Crippen molar-refractivity contribution in [1.82, 2.24) is 20.9 Å². The van der Waals surface area contributed by atoms with Crippen LogP contribution in [0.2, 0.25) is 0 Å². The number of nitrogens with zero attached hydrogens (tertiary/aromatic N) is 2. The molecule has 2 aliphatic heterocycles. The molecule has 12 heteroatoms. The first-order valence-corrected chi connectivity index (χ1v) is 18.4. The number of hydrogen-bond acceptors (Lipinski definition) is 8. The summed E-state index contributed by atoms with van der Waals surface area (Å²) >= 11 is 0. The van der Waals surface area contributed by atoms with Gasteiger partial charge in [-0.15, -0.1) is 0 Å². The van der Waals surface area contributed by atoms with Crippen molar-refractivity contribution in [3.05, 3.63) is 71.8 Å². The molecule has 52 heavy (non-hydrogen) atoms. The molecule has 0 aromatic heterocycles. The molecular weight excluding hydrogens is 662 g/mol. The number of aryl methyl sites for hydroxylation is 1. The fourth-order valence-corrected chi connectivity index (χ4v) is 6.10. The van der Waals surface area contributed by atoms with Gasteiger partial charge in [0, 0.05) is 19.5 Å². The molecule has 12 nitrogen and oxygen atoms in total. The summed E-state index contributed by atoms with van der Waals surface area (Å²) in [6.45, 7) is 12.2. The Morgan fingerprint density at radius 2 is 1.42 bits per heavy atom. The molecule has 2 heterocycles. The maximum absolute atomic E-state index is 14.0. The van der Waals surface area contributed by atoms with E-state index in [0.717, 1.165) is 11.1 Å². The van der Waals surface area contributed by atoms with Gasteiger partial charge in [-0.25, -0.2) is 4.99 Å². The molecule has 0 bridgehead atoms. The number of benzene rings is 2. The molecule has 0 radical (unpaired) electrons. The van der Waals surface area contributed by atoms with Crippen molar-refractivity contribution in [2.45, 2.75) is 90.4 Å². The molecule has 2 aromatic rings. The largest absolute Gasteiger partial charge is 0.379 e. The highest BCUT2D eigenvalue weighted by Gasteiger charge is 2.50. The molecule has 4 amide bonds. The zero-order valence-corrected chi connectivity index (χ0v) is 31.2. The van der Waals surface area contributed by atoms with Crippen LogP contribution in [0.5, 0.6) is 0 Å². The van der Waals surface area contributed by atoms with Crippen LogP contribution in [-0.2, 0) is 46.3 Å². The summed E-state index contributed by atoms with van der Waals surface area (Å²) in [5.74, 6) is -2.28. The lowest BCUT2D eigenvalue weighted by atomic mass is 9.93. The maximum Gasteiger partial charge on any atom is 0.268 e. The summed E-state index contributed by atoms with van der Waals surface area (Å²) in [6, 6.07) is 16.0. The molecule has 2 aromatic carbocycles. The zero-order chi connectivity index (χ0) is 37.7. The van der Waals surface area contributed by atoms with Crippen molar-refractivity contribution in [3.63, 3.8) is 0 Å². The number of aliphatic imine (C=N–C) groups is 1. The number of nitrogens with one attached hydrogen (secondary N) is 3. The van der Waals surface area contributed by atoms with E-state index >= 15 is 0 Å². The lowest BCUT2D eigenvalue weighted by molar-refractivity contribution is -0.132. The Morgan fingerprint density at radius 3 is 2.00 bits per heavy atom. The van der Waals surface area contributed by atoms with Crippen molar-refractivity contribution in [3.8, 4) is 0 Å². The van der Waals surface area contributed by atoms with Gasteiger partial charge < -0.3 is 25.4 Å². The lowest BCUT2D eigenvalue weighted by Gasteiger charge is -2.26. The Labute approximate surface area is 307 Å². The third-order valence-electron chi connectivity index (χ3n) is 9.12. The Hall–Kier alpha value is -4.26. The molecule has 0 spiro atoms. The third-order valence-corrected chi connectivity index (χ3v) is 9.12. The van der Waals surface area contributed by atoms with Crippen LogP contribution in [0.3, 0.4) is 0 Å². The van der Waals surface area contributed by atoms with Gasteiger partial charge in [0.05, 0.1) is 32.4 Å². The van der Waals surface area contributed by atoms with Gasteiger partial charge in [-0.05, 0) is 55.6 Å². The van der Waals surface area contributed by atoms with E-state index in [4.69, 9.17) is 9.47 Å². The summed E-state index contributed by atoms with van der Waals surface area (Å²) in [4.78, 5) is 74.6. The SMILES string of the molecule is CC(C)C/C(=N\C(=O)[C@H](CCc1ccccc1)NC(=O)CN1CCOCC1)C(=O)N[C@H](Cc1ccccc1)C(=O)N[C@H](CC(C)C)C(=O)[C@]1(C)CO1. The molecule has 3 N–H and O–H groups in total. The van der Waals surface area contributed by atoms with E-state index < -0.39 is 41.4 Å².